The molecule has 2 fully saturated rings. The van der Waals surface area contributed by atoms with Crippen LogP contribution in [-0.4, -0.2) is 34.0 Å². The lowest BCUT2D eigenvalue weighted by atomic mass is 9.95. The highest BCUT2D eigenvalue weighted by Gasteiger charge is 2.31. The number of nitrogens with one attached hydrogen (secondary N) is 1. The first-order valence-corrected chi connectivity index (χ1v) is 8.94. The maximum absolute atomic E-state index is 4.91. The Morgan fingerprint density at radius 3 is 2.65 bits per heavy atom. The van der Waals surface area contributed by atoms with Gasteiger partial charge in [-0.05, 0) is 45.3 Å². The summed E-state index contributed by atoms with van der Waals surface area (Å²) in [4.78, 5) is 4.91. The summed E-state index contributed by atoms with van der Waals surface area (Å²) >= 11 is 3.93. The maximum Gasteiger partial charge on any atom is 0.157 e. The highest BCUT2D eigenvalue weighted by atomic mass is 32.2. The van der Waals surface area contributed by atoms with Crippen LogP contribution in [0.2, 0.25) is 0 Å². The quantitative estimate of drug-likeness (QED) is 0.850. The van der Waals surface area contributed by atoms with Gasteiger partial charge in [0.05, 0.1) is 6.04 Å². The molecule has 1 aliphatic heterocycles. The van der Waals surface area contributed by atoms with Gasteiger partial charge in [0.1, 0.15) is 0 Å². The lowest BCUT2D eigenvalue weighted by molar-refractivity contribution is 0.443. The minimum Gasteiger partial charge on any atom is -0.359 e. The average molecular weight is 272 g/mol. The summed E-state index contributed by atoms with van der Waals surface area (Å²) in [6, 6.07) is 0.576. The molecule has 0 aromatic heterocycles. The number of hydrogen-bond acceptors (Lipinski definition) is 3. The summed E-state index contributed by atoms with van der Waals surface area (Å²) in [6.45, 7) is 4.55. The van der Waals surface area contributed by atoms with E-state index in [4.69, 9.17) is 4.99 Å². The molecule has 98 valence electrons. The van der Waals surface area contributed by atoms with Crippen LogP contribution in [0.25, 0.3) is 0 Å². The maximum atomic E-state index is 4.91. The number of rotatable bonds is 3. The predicted molar refractivity (Wildman–Crippen MR) is 81.3 cm³/mol. The van der Waals surface area contributed by atoms with E-state index < -0.39 is 0 Å². The number of aliphatic imine (C=N–C) groups is 1. The summed E-state index contributed by atoms with van der Waals surface area (Å²) in [7, 11) is 0. The molecule has 0 radical (unpaired) electrons. The van der Waals surface area contributed by atoms with Gasteiger partial charge in [-0.2, -0.15) is 11.8 Å². The Kier molecular flexibility index (Phi) is 4.70. The zero-order valence-electron chi connectivity index (χ0n) is 11.2. The van der Waals surface area contributed by atoms with E-state index in [2.05, 4.69) is 25.4 Å². The molecule has 1 atom stereocenters. The first kappa shape index (κ1) is 13.6. The van der Waals surface area contributed by atoms with Gasteiger partial charge in [0.25, 0.3) is 0 Å². The van der Waals surface area contributed by atoms with Crippen molar-refractivity contribution in [3.05, 3.63) is 0 Å². The van der Waals surface area contributed by atoms with E-state index in [9.17, 15) is 0 Å². The molecule has 17 heavy (non-hydrogen) atoms. The van der Waals surface area contributed by atoms with Gasteiger partial charge in [0.15, 0.2) is 5.17 Å². The third-order valence-electron chi connectivity index (χ3n) is 3.99. The molecular formula is C13H24N2S2. The Labute approximate surface area is 114 Å². The Bertz CT molecular complexity index is 285. The molecule has 2 nitrogen and oxygen atoms in total. The van der Waals surface area contributed by atoms with Crippen LogP contribution in [0.4, 0.5) is 0 Å². The molecule has 1 saturated heterocycles. The van der Waals surface area contributed by atoms with Gasteiger partial charge in [0.2, 0.25) is 0 Å². The number of nitrogens with zero attached hydrogens (tertiary/aromatic N) is 1. The molecule has 1 unspecified atom stereocenters. The molecule has 0 aromatic rings. The van der Waals surface area contributed by atoms with Crippen LogP contribution >= 0.6 is 23.5 Å². The number of hydrogen-bond donors (Lipinski definition) is 1. The standard InChI is InChI=1S/C13H24N2S2/c1-4-13(2)9-17-12(15-13)14-10-5-7-11(16-3)8-6-10/h10-11H,4-9H2,1-3H3,(H,14,15). The fourth-order valence-corrected chi connectivity index (χ4v) is 4.41. The normalized spacial score (nSPS) is 40.5. The van der Waals surface area contributed by atoms with Crippen molar-refractivity contribution in [1.29, 1.82) is 0 Å². The van der Waals surface area contributed by atoms with Crippen LogP contribution < -0.4 is 5.32 Å². The smallest absolute Gasteiger partial charge is 0.157 e. The fraction of sp³-hybridized carbons (Fsp3) is 0.923. The summed E-state index contributed by atoms with van der Waals surface area (Å²) in [6.07, 6.45) is 8.66. The van der Waals surface area contributed by atoms with Crippen molar-refractivity contribution < 1.29 is 0 Å². The molecular weight excluding hydrogens is 248 g/mol. The van der Waals surface area contributed by atoms with Gasteiger partial charge in [-0.3, -0.25) is 4.99 Å². The first-order valence-electron chi connectivity index (χ1n) is 6.67. The molecule has 1 saturated carbocycles. The third kappa shape index (κ3) is 3.57. The third-order valence-corrected chi connectivity index (χ3v) is 6.39. The highest BCUT2D eigenvalue weighted by molar-refractivity contribution is 8.14. The summed E-state index contributed by atoms with van der Waals surface area (Å²) in [5.41, 5.74) is 0.278. The zero-order valence-corrected chi connectivity index (χ0v) is 12.8. The van der Waals surface area contributed by atoms with Crippen molar-refractivity contribution in [2.45, 2.75) is 62.8 Å². The summed E-state index contributed by atoms with van der Waals surface area (Å²) < 4.78 is 0. The Balaban J connectivity index is 1.85. The number of thioether (sulfide) groups is 2. The van der Waals surface area contributed by atoms with E-state index in [1.54, 1.807) is 0 Å². The second kappa shape index (κ2) is 5.87. The van der Waals surface area contributed by atoms with E-state index in [1.165, 1.54) is 43.0 Å². The van der Waals surface area contributed by atoms with Gasteiger partial charge in [0, 0.05) is 16.5 Å². The van der Waals surface area contributed by atoms with Crippen LogP contribution in [0, 0.1) is 0 Å². The molecule has 2 rings (SSSR count). The van der Waals surface area contributed by atoms with Gasteiger partial charge in [-0.15, -0.1) is 0 Å². The Morgan fingerprint density at radius 1 is 1.41 bits per heavy atom. The molecule has 1 aliphatic carbocycles. The Morgan fingerprint density at radius 2 is 2.12 bits per heavy atom. The van der Waals surface area contributed by atoms with Crippen LogP contribution in [0.5, 0.6) is 0 Å². The van der Waals surface area contributed by atoms with Gasteiger partial charge in [-0.25, -0.2) is 0 Å². The number of amidine groups is 1. The zero-order chi connectivity index (χ0) is 12.3. The monoisotopic (exact) mass is 272 g/mol. The van der Waals surface area contributed by atoms with E-state index in [1.807, 2.05) is 23.5 Å². The molecule has 0 spiro atoms. The lowest BCUT2D eigenvalue weighted by Crippen LogP contribution is -2.40. The van der Waals surface area contributed by atoms with Crippen molar-refractivity contribution in [3.63, 3.8) is 0 Å². The molecule has 2 aliphatic rings. The second-order valence-electron chi connectivity index (χ2n) is 5.43. The summed E-state index contributed by atoms with van der Waals surface area (Å²) in [5.74, 6) is 1.17. The van der Waals surface area contributed by atoms with E-state index in [0.29, 0.717) is 6.04 Å². The highest BCUT2D eigenvalue weighted by Crippen LogP contribution is 2.31. The SMILES string of the molecule is CCC1(C)CSC(=NC2CCC(SC)CC2)N1. The fourth-order valence-electron chi connectivity index (χ4n) is 2.39. The molecule has 0 amide bonds. The van der Waals surface area contributed by atoms with Gasteiger partial charge >= 0.3 is 0 Å². The van der Waals surface area contributed by atoms with Crippen molar-refractivity contribution in [3.8, 4) is 0 Å². The molecule has 0 bridgehead atoms. The van der Waals surface area contributed by atoms with E-state index in [-0.39, 0.29) is 5.54 Å². The van der Waals surface area contributed by atoms with Crippen molar-refractivity contribution in [1.82, 2.24) is 5.32 Å². The predicted octanol–water partition coefficient (Wildman–Crippen LogP) is 3.52. The van der Waals surface area contributed by atoms with Crippen LogP contribution in [0.15, 0.2) is 4.99 Å². The molecule has 1 N–H and O–H groups in total. The van der Waals surface area contributed by atoms with Crippen LogP contribution in [-0.2, 0) is 0 Å². The van der Waals surface area contributed by atoms with Gasteiger partial charge in [-0.1, -0.05) is 18.7 Å². The largest absolute Gasteiger partial charge is 0.359 e. The first-order chi connectivity index (χ1) is 8.15. The van der Waals surface area contributed by atoms with Crippen molar-refractivity contribution in [2.24, 2.45) is 4.99 Å². The average Bonchev–Trinajstić information content (AvgIpc) is 2.73. The summed E-state index contributed by atoms with van der Waals surface area (Å²) in [5, 5.41) is 5.68. The Hall–Kier alpha value is 0.170. The van der Waals surface area contributed by atoms with Crippen molar-refractivity contribution >= 4 is 28.7 Å². The van der Waals surface area contributed by atoms with Crippen molar-refractivity contribution in [2.75, 3.05) is 12.0 Å². The van der Waals surface area contributed by atoms with E-state index >= 15 is 0 Å². The molecule has 0 aromatic carbocycles. The van der Waals surface area contributed by atoms with Gasteiger partial charge < -0.3 is 5.32 Å². The molecule has 4 heteroatoms. The molecule has 1 heterocycles. The van der Waals surface area contributed by atoms with Crippen LogP contribution in [0.3, 0.4) is 0 Å². The van der Waals surface area contributed by atoms with E-state index in [0.717, 1.165) is 5.25 Å². The minimum absolute atomic E-state index is 0.278. The minimum atomic E-state index is 0.278. The van der Waals surface area contributed by atoms with Crippen LogP contribution in [0.1, 0.15) is 46.0 Å². The topological polar surface area (TPSA) is 24.4 Å². The second-order valence-corrected chi connectivity index (χ2v) is 7.53. The lowest BCUT2D eigenvalue weighted by Gasteiger charge is -2.25.